The molecule has 0 unspecified atom stereocenters. The topological polar surface area (TPSA) is 90.6 Å². The molecule has 2 heterocycles. The summed E-state index contributed by atoms with van der Waals surface area (Å²) in [7, 11) is -3.25. The summed E-state index contributed by atoms with van der Waals surface area (Å²) in [5.74, 6) is 0.209. The highest BCUT2D eigenvalue weighted by Gasteiger charge is 2.38. The first kappa shape index (κ1) is 23.4. The van der Waals surface area contributed by atoms with Gasteiger partial charge in [-0.1, -0.05) is 12.1 Å². The summed E-state index contributed by atoms with van der Waals surface area (Å²) in [5.41, 5.74) is -0.233. The highest BCUT2D eigenvalue weighted by atomic mass is 32.2. The number of carbonyl (C=O) groups is 1. The van der Waals surface area contributed by atoms with Gasteiger partial charge in [0.1, 0.15) is 5.75 Å². The number of aromatic nitrogens is 3. The Labute approximate surface area is 192 Å². The van der Waals surface area contributed by atoms with E-state index in [1.807, 2.05) is 0 Å². The number of imidazole rings is 1. The van der Waals surface area contributed by atoms with E-state index in [0.29, 0.717) is 29.4 Å². The molecule has 0 aliphatic heterocycles. The number of sulfone groups is 1. The second kappa shape index (κ2) is 8.90. The van der Waals surface area contributed by atoms with Crippen molar-refractivity contribution < 1.29 is 31.1 Å². The quantitative estimate of drug-likeness (QED) is 0.358. The third-order valence-electron chi connectivity index (χ3n) is 5.22. The molecule has 0 amide bonds. The normalized spacial score (nSPS) is 12.1. The van der Waals surface area contributed by atoms with Gasteiger partial charge in [-0.05, 0) is 42.3 Å². The average molecular weight is 489 g/mol. The number of rotatable bonds is 7. The maximum atomic E-state index is 13.5. The number of fused-ring (bicyclic) bond motifs is 1. The lowest BCUT2D eigenvalue weighted by Crippen LogP contribution is -2.14. The van der Waals surface area contributed by atoms with E-state index in [0.717, 1.165) is 12.1 Å². The third-order valence-corrected chi connectivity index (χ3v) is 7.05. The number of hydrogen-bond acceptors (Lipinski definition) is 6. The monoisotopic (exact) mass is 489 g/mol. The van der Waals surface area contributed by atoms with Gasteiger partial charge in [-0.25, -0.2) is 18.4 Å². The summed E-state index contributed by atoms with van der Waals surface area (Å²) < 4.78 is 72.8. The standard InChI is InChI=1S/C23H18F3N3O4S/c1-33-17-5-9-21(19(12-17)23(24,25)26)34(31,32)18-6-2-15(3-7-18)4-8-20(30)16-13-28-22-27-10-11-29(22)14-16/h2-3,5-7,9-14H,4,8H2,1H3. The van der Waals surface area contributed by atoms with Gasteiger partial charge in [0.2, 0.25) is 15.6 Å². The Bertz CT molecular complexity index is 1460. The van der Waals surface area contributed by atoms with E-state index < -0.39 is 26.5 Å². The van der Waals surface area contributed by atoms with Gasteiger partial charge in [-0.3, -0.25) is 9.20 Å². The van der Waals surface area contributed by atoms with Gasteiger partial charge >= 0.3 is 6.18 Å². The van der Waals surface area contributed by atoms with Crippen LogP contribution in [0.2, 0.25) is 0 Å². The van der Waals surface area contributed by atoms with Crippen LogP contribution < -0.4 is 4.74 Å². The predicted octanol–water partition coefficient (Wildman–Crippen LogP) is 4.41. The van der Waals surface area contributed by atoms with E-state index in [9.17, 15) is 26.4 Å². The lowest BCUT2D eigenvalue weighted by Gasteiger charge is -2.15. The zero-order chi connectivity index (χ0) is 24.5. The lowest BCUT2D eigenvalue weighted by molar-refractivity contribution is -0.140. The summed E-state index contributed by atoms with van der Waals surface area (Å²) >= 11 is 0. The zero-order valence-corrected chi connectivity index (χ0v) is 18.6. The Morgan fingerprint density at radius 3 is 2.50 bits per heavy atom. The molecule has 4 aromatic rings. The molecule has 2 aromatic carbocycles. The molecule has 176 valence electrons. The van der Waals surface area contributed by atoms with Crippen LogP contribution in [-0.2, 0) is 22.4 Å². The van der Waals surface area contributed by atoms with E-state index in [1.54, 1.807) is 23.0 Å². The second-order valence-corrected chi connectivity index (χ2v) is 9.33. The van der Waals surface area contributed by atoms with E-state index >= 15 is 0 Å². The fourth-order valence-electron chi connectivity index (χ4n) is 3.42. The van der Waals surface area contributed by atoms with Crippen LogP contribution in [-0.4, -0.2) is 35.7 Å². The molecule has 2 aromatic heterocycles. The first-order valence-electron chi connectivity index (χ1n) is 10.0. The number of hydrogen-bond donors (Lipinski definition) is 0. The number of alkyl halides is 3. The van der Waals surface area contributed by atoms with Crippen LogP contribution in [0, 0.1) is 0 Å². The van der Waals surface area contributed by atoms with E-state index in [-0.39, 0.29) is 22.8 Å². The molecule has 0 radical (unpaired) electrons. The Hall–Kier alpha value is -3.73. The smallest absolute Gasteiger partial charge is 0.417 e. The molecule has 0 saturated carbocycles. The summed E-state index contributed by atoms with van der Waals surface area (Å²) in [6.07, 6.45) is 1.88. The van der Waals surface area contributed by atoms with Gasteiger partial charge in [0, 0.05) is 31.2 Å². The first-order chi connectivity index (χ1) is 16.1. The number of carbonyl (C=O) groups excluding carboxylic acids is 1. The number of nitrogens with zero attached hydrogens (tertiary/aromatic N) is 3. The number of Topliss-reactive ketones (excluding diaryl/α,β-unsaturated/α-hetero) is 1. The van der Waals surface area contributed by atoms with Gasteiger partial charge < -0.3 is 4.74 Å². The zero-order valence-electron chi connectivity index (χ0n) is 17.8. The molecule has 34 heavy (non-hydrogen) atoms. The number of aryl methyl sites for hydroxylation is 1. The molecule has 0 atom stereocenters. The fourth-order valence-corrected chi connectivity index (χ4v) is 4.88. The molecule has 0 bridgehead atoms. The SMILES string of the molecule is COc1ccc(S(=O)(=O)c2ccc(CCC(=O)c3cnc4nccn4c3)cc2)c(C(F)(F)F)c1. The number of halogens is 3. The van der Waals surface area contributed by atoms with Crippen molar-refractivity contribution in [1.82, 2.24) is 14.4 Å². The van der Waals surface area contributed by atoms with E-state index in [2.05, 4.69) is 9.97 Å². The van der Waals surface area contributed by atoms with Crippen molar-refractivity contribution >= 4 is 21.4 Å². The molecule has 0 aliphatic carbocycles. The summed E-state index contributed by atoms with van der Waals surface area (Å²) in [6, 6.07) is 8.13. The van der Waals surface area contributed by atoms with Crippen molar-refractivity contribution in [2.75, 3.05) is 7.11 Å². The summed E-state index contributed by atoms with van der Waals surface area (Å²) in [5, 5.41) is 0. The number of methoxy groups -OCH3 is 1. The van der Waals surface area contributed by atoms with Gasteiger partial charge in [0.05, 0.1) is 28.0 Å². The van der Waals surface area contributed by atoms with Gasteiger partial charge in [0.15, 0.2) is 5.78 Å². The number of benzene rings is 2. The molecule has 7 nitrogen and oxygen atoms in total. The van der Waals surface area contributed by atoms with Gasteiger partial charge in [-0.2, -0.15) is 13.2 Å². The largest absolute Gasteiger partial charge is 0.497 e. The number of ether oxygens (including phenoxy) is 1. The van der Waals surface area contributed by atoms with Gasteiger partial charge in [0.25, 0.3) is 0 Å². The molecular formula is C23H18F3N3O4S. The Morgan fingerprint density at radius 1 is 1.09 bits per heavy atom. The highest BCUT2D eigenvalue weighted by Crippen LogP contribution is 2.38. The van der Waals surface area contributed by atoms with Crippen LogP contribution in [0.15, 0.2) is 77.0 Å². The van der Waals surface area contributed by atoms with Crippen molar-refractivity contribution in [3.8, 4) is 5.75 Å². The molecule has 0 N–H and O–H groups in total. The fraction of sp³-hybridized carbons (Fsp3) is 0.174. The Morgan fingerprint density at radius 2 is 1.82 bits per heavy atom. The molecule has 11 heteroatoms. The van der Waals surface area contributed by atoms with Crippen molar-refractivity contribution in [3.63, 3.8) is 0 Å². The maximum Gasteiger partial charge on any atom is 0.417 e. The van der Waals surface area contributed by atoms with E-state index in [1.165, 1.54) is 37.6 Å². The van der Waals surface area contributed by atoms with Crippen molar-refractivity contribution in [3.05, 3.63) is 83.9 Å². The van der Waals surface area contributed by atoms with Crippen LogP contribution in [0.4, 0.5) is 13.2 Å². The van der Waals surface area contributed by atoms with Crippen LogP contribution in [0.5, 0.6) is 5.75 Å². The molecular weight excluding hydrogens is 471 g/mol. The van der Waals surface area contributed by atoms with E-state index in [4.69, 9.17) is 4.74 Å². The molecule has 0 saturated heterocycles. The molecule has 0 fully saturated rings. The minimum atomic E-state index is -4.88. The van der Waals surface area contributed by atoms with Crippen LogP contribution >= 0.6 is 0 Å². The van der Waals surface area contributed by atoms with Crippen LogP contribution in [0.25, 0.3) is 5.78 Å². The van der Waals surface area contributed by atoms with Crippen molar-refractivity contribution in [1.29, 1.82) is 0 Å². The minimum Gasteiger partial charge on any atom is -0.497 e. The van der Waals surface area contributed by atoms with Crippen molar-refractivity contribution in [2.24, 2.45) is 0 Å². The summed E-state index contributed by atoms with van der Waals surface area (Å²) in [6.45, 7) is 0. The highest BCUT2D eigenvalue weighted by molar-refractivity contribution is 7.91. The predicted molar refractivity (Wildman–Crippen MR) is 116 cm³/mol. The average Bonchev–Trinajstić information content (AvgIpc) is 3.30. The maximum absolute atomic E-state index is 13.5. The van der Waals surface area contributed by atoms with Crippen LogP contribution in [0.3, 0.4) is 0 Å². The summed E-state index contributed by atoms with van der Waals surface area (Å²) in [4.78, 5) is 19.5. The van der Waals surface area contributed by atoms with Crippen LogP contribution in [0.1, 0.15) is 27.9 Å². The molecule has 4 rings (SSSR count). The second-order valence-electron chi connectivity index (χ2n) is 7.41. The third kappa shape index (κ3) is 4.65. The number of ketones is 1. The molecule has 0 aliphatic rings. The first-order valence-corrected chi connectivity index (χ1v) is 11.5. The Balaban J connectivity index is 1.52. The molecule has 0 spiro atoms. The van der Waals surface area contributed by atoms with Crippen molar-refractivity contribution in [2.45, 2.75) is 28.8 Å². The minimum absolute atomic E-state index is 0.103. The van der Waals surface area contributed by atoms with Gasteiger partial charge in [-0.15, -0.1) is 0 Å². The Kier molecular flexibility index (Phi) is 6.13. The lowest BCUT2D eigenvalue weighted by atomic mass is 10.0.